The predicted octanol–water partition coefficient (Wildman–Crippen LogP) is 2.52. The molecule has 0 aromatic carbocycles. The number of carboxylic acids is 1. The van der Waals surface area contributed by atoms with E-state index in [2.05, 4.69) is 10.3 Å². The number of hydrogen-bond acceptors (Lipinski definition) is 4. The Morgan fingerprint density at radius 2 is 2.16 bits per heavy atom. The number of pyridine rings is 1. The van der Waals surface area contributed by atoms with Crippen LogP contribution < -0.4 is 5.32 Å². The molecule has 0 saturated carbocycles. The minimum atomic E-state index is -1.05. The fourth-order valence-electron chi connectivity index (χ4n) is 1.35. The van der Waals surface area contributed by atoms with E-state index in [-0.39, 0.29) is 17.4 Å². The maximum absolute atomic E-state index is 11.6. The van der Waals surface area contributed by atoms with E-state index in [4.69, 9.17) is 17.3 Å². The maximum Gasteiger partial charge on any atom is 0.337 e. The van der Waals surface area contributed by atoms with E-state index < -0.39 is 5.97 Å². The number of amides is 1. The highest BCUT2D eigenvalue weighted by Crippen LogP contribution is 2.10. The highest BCUT2D eigenvalue weighted by atomic mass is 32.1. The van der Waals surface area contributed by atoms with Gasteiger partial charge in [-0.2, -0.15) is 0 Å². The van der Waals surface area contributed by atoms with Gasteiger partial charge in [-0.15, -0.1) is 0 Å². The molecular weight excluding hydrogens is 264 g/mol. The normalized spacial score (nSPS) is 11.7. The van der Waals surface area contributed by atoms with Crippen molar-refractivity contribution in [1.82, 2.24) is 4.98 Å². The van der Waals surface area contributed by atoms with Crippen LogP contribution in [0, 0.1) is 5.92 Å². The van der Waals surface area contributed by atoms with Crippen LogP contribution in [-0.4, -0.2) is 26.8 Å². The summed E-state index contributed by atoms with van der Waals surface area (Å²) in [5.74, 6) is -0.626. The van der Waals surface area contributed by atoms with Crippen LogP contribution in [0.3, 0.4) is 0 Å². The number of nitrogens with one attached hydrogen (secondary N) is 1. The molecule has 1 aromatic rings. The minimum absolute atomic E-state index is 0.0861. The monoisotopic (exact) mass is 280 g/mol. The molecule has 0 radical (unpaired) electrons. The highest BCUT2D eigenvalue weighted by Gasteiger charge is 2.09. The van der Waals surface area contributed by atoms with Crippen LogP contribution in [-0.2, 0) is 4.79 Å². The second-order valence-electron chi connectivity index (χ2n) is 4.34. The van der Waals surface area contributed by atoms with Gasteiger partial charge < -0.3 is 10.4 Å². The van der Waals surface area contributed by atoms with E-state index in [1.165, 1.54) is 18.3 Å². The molecule has 5 nitrogen and oxygen atoms in total. The molecular formula is C13H16N2O3S. The van der Waals surface area contributed by atoms with Gasteiger partial charge in [0.05, 0.1) is 5.56 Å². The van der Waals surface area contributed by atoms with Gasteiger partial charge in [0.2, 0.25) is 5.91 Å². The second kappa shape index (κ2) is 6.94. The van der Waals surface area contributed by atoms with Gasteiger partial charge in [-0.25, -0.2) is 9.78 Å². The summed E-state index contributed by atoms with van der Waals surface area (Å²) in [6.45, 7) is 3.85. The number of nitrogens with zero attached hydrogens (tertiary/aromatic N) is 1. The Kier molecular flexibility index (Phi) is 5.57. The summed E-state index contributed by atoms with van der Waals surface area (Å²) >= 11 is 5.04. The summed E-state index contributed by atoms with van der Waals surface area (Å²) in [4.78, 5) is 27.0. The minimum Gasteiger partial charge on any atom is -0.478 e. The molecule has 0 saturated heterocycles. The molecule has 1 unspecified atom stereocenters. The van der Waals surface area contributed by atoms with E-state index in [9.17, 15) is 9.59 Å². The summed E-state index contributed by atoms with van der Waals surface area (Å²) in [6, 6.07) is 2.87. The molecule has 0 fully saturated rings. The largest absolute Gasteiger partial charge is 0.478 e. The number of thiocarbonyl (C=S) groups is 1. The maximum atomic E-state index is 11.6. The molecule has 0 aliphatic rings. The molecule has 6 heteroatoms. The van der Waals surface area contributed by atoms with Gasteiger partial charge in [-0.3, -0.25) is 4.79 Å². The lowest BCUT2D eigenvalue weighted by molar-refractivity contribution is -0.116. The van der Waals surface area contributed by atoms with Crippen molar-refractivity contribution in [2.75, 3.05) is 5.32 Å². The third-order valence-corrected chi connectivity index (χ3v) is 3.18. The summed E-state index contributed by atoms with van der Waals surface area (Å²) in [6.07, 6.45) is 2.26. The van der Waals surface area contributed by atoms with Crippen molar-refractivity contribution in [2.45, 2.75) is 26.7 Å². The number of carbonyl (C=O) groups excluding carboxylic acids is 1. The molecule has 102 valence electrons. The number of anilines is 1. The number of carboxylic acid groups (broad SMARTS) is 1. The number of carbonyl (C=O) groups is 2. The average molecular weight is 280 g/mol. The summed E-state index contributed by atoms with van der Waals surface area (Å²) in [5, 5.41) is 11.3. The Morgan fingerprint density at radius 1 is 1.47 bits per heavy atom. The lowest BCUT2D eigenvalue weighted by atomic mass is 10.0. The van der Waals surface area contributed by atoms with Gasteiger partial charge in [0.1, 0.15) is 5.82 Å². The van der Waals surface area contributed by atoms with E-state index >= 15 is 0 Å². The zero-order valence-corrected chi connectivity index (χ0v) is 11.7. The average Bonchev–Trinajstić information content (AvgIpc) is 2.36. The Hall–Kier alpha value is -1.82. The third-order valence-electron chi connectivity index (χ3n) is 2.78. The Labute approximate surface area is 117 Å². The first-order valence-corrected chi connectivity index (χ1v) is 6.30. The van der Waals surface area contributed by atoms with Gasteiger partial charge in [-0.05, 0) is 36.3 Å². The molecule has 0 aliphatic carbocycles. The SMILES string of the molecule is CC(=S)C(C)CCC(=O)Nc1ccc(C(=O)O)cn1. The zero-order valence-electron chi connectivity index (χ0n) is 10.8. The van der Waals surface area contributed by atoms with Crippen LogP contribution in [0.2, 0.25) is 0 Å². The van der Waals surface area contributed by atoms with Crippen molar-refractivity contribution in [2.24, 2.45) is 5.92 Å². The van der Waals surface area contributed by atoms with E-state index in [0.717, 1.165) is 4.86 Å². The van der Waals surface area contributed by atoms with Crippen LogP contribution in [0.15, 0.2) is 18.3 Å². The first kappa shape index (κ1) is 15.2. The van der Waals surface area contributed by atoms with Crippen LogP contribution in [0.25, 0.3) is 0 Å². The first-order chi connectivity index (χ1) is 8.90. The molecule has 0 bridgehead atoms. The molecule has 2 N–H and O–H groups in total. The third kappa shape index (κ3) is 5.13. The van der Waals surface area contributed by atoms with Crippen LogP contribution >= 0.6 is 12.2 Å². The number of rotatable bonds is 6. The Bertz CT molecular complexity index is 485. The lowest BCUT2D eigenvalue weighted by Crippen LogP contribution is -2.15. The molecule has 1 amide bonds. The number of aromatic nitrogens is 1. The lowest BCUT2D eigenvalue weighted by Gasteiger charge is -2.09. The number of hydrogen-bond donors (Lipinski definition) is 2. The van der Waals surface area contributed by atoms with Crippen molar-refractivity contribution >= 4 is 34.8 Å². The molecule has 19 heavy (non-hydrogen) atoms. The van der Waals surface area contributed by atoms with Gasteiger partial charge in [0.15, 0.2) is 0 Å². The molecule has 0 spiro atoms. The zero-order chi connectivity index (χ0) is 14.4. The molecule has 0 aliphatic heterocycles. The van der Waals surface area contributed by atoms with Gasteiger partial charge >= 0.3 is 5.97 Å². The van der Waals surface area contributed by atoms with Crippen molar-refractivity contribution in [1.29, 1.82) is 0 Å². The summed E-state index contributed by atoms with van der Waals surface area (Å²) in [7, 11) is 0. The Morgan fingerprint density at radius 3 is 2.63 bits per heavy atom. The number of aromatic carboxylic acids is 1. The van der Waals surface area contributed by atoms with Crippen LogP contribution in [0.1, 0.15) is 37.0 Å². The molecule has 1 aromatic heterocycles. The van der Waals surface area contributed by atoms with Crippen LogP contribution in [0.4, 0.5) is 5.82 Å². The van der Waals surface area contributed by atoms with Crippen LogP contribution in [0.5, 0.6) is 0 Å². The Balaban J connectivity index is 2.48. The fourth-order valence-corrected chi connectivity index (χ4v) is 1.47. The quantitative estimate of drug-likeness (QED) is 0.783. The van der Waals surface area contributed by atoms with E-state index in [1.54, 1.807) is 0 Å². The van der Waals surface area contributed by atoms with E-state index in [0.29, 0.717) is 18.7 Å². The van der Waals surface area contributed by atoms with Crippen molar-refractivity contribution in [3.05, 3.63) is 23.9 Å². The van der Waals surface area contributed by atoms with Gasteiger partial charge in [0, 0.05) is 12.6 Å². The second-order valence-corrected chi connectivity index (χ2v) is 4.98. The van der Waals surface area contributed by atoms with Gasteiger partial charge in [0.25, 0.3) is 0 Å². The molecule has 1 heterocycles. The van der Waals surface area contributed by atoms with Crippen molar-refractivity contribution in [3.8, 4) is 0 Å². The summed E-state index contributed by atoms with van der Waals surface area (Å²) in [5.41, 5.74) is 0.0861. The standard InChI is InChI=1S/C13H16N2O3S/c1-8(9(2)19)3-6-12(16)15-11-5-4-10(7-14-11)13(17)18/h4-5,7-8H,3,6H2,1-2H3,(H,17,18)(H,14,15,16). The van der Waals surface area contributed by atoms with Crippen molar-refractivity contribution in [3.63, 3.8) is 0 Å². The van der Waals surface area contributed by atoms with E-state index in [1.807, 2.05) is 13.8 Å². The fraction of sp³-hybridized carbons (Fsp3) is 0.385. The molecule has 1 atom stereocenters. The van der Waals surface area contributed by atoms with Crippen molar-refractivity contribution < 1.29 is 14.7 Å². The smallest absolute Gasteiger partial charge is 0.337 e. The molecule has 1 rings (SSSR count). The summed E-state index contributed by atoms with van der Waals surface area (Å²) < 4.78 is 0. The first-order valence-electron chi connectivity index (χ1n) is 5.89. The topological polar surface area (TPSA) is 79.3 Å². The predicted molar refractivity (Wildman–Crippen MR) is 76.5 cm³/mol. The highest BCUT2D eigenvalue weighted by molar-refractivity contribution is 7.80. The van der Waals surface area contributed by atoms with Gasteiger partial charge in [-0.1, -0.05) is 19.1 Å².